The van der Waals surface area contributed by atoms with Crippen LogP contribution in [0, 0.1) is 6.92 Å². The van der Waals surface area contributed by atoms with E-state index >= 15 is 0 Å². The number of unbranched alkanes of at least 4 members (excludes halogenated alkanes) is 1. The molecule has 0 atom stereocenters. The molecule has 0 radical (unpaired) electrons. The number of anilines is 1. The number of nitrogens with zero attached hydrogens (tertiary/aromatic N) is 6. The van der Waals surface area contributed by atoms with Crippen molar-refractivity contribution in [3.8, 4) is 28.7 Å². The second-order valence-electron chi connectivity index (χ2n) is 8.20. The highest BCUT2D eigenvalue weighted by molar-refractivity contribution is 5.59. The second kappa shape index (κ2) is 10.8. The fraction of sp³-hybridized carbons (Fsp3) is 0.333. The van der Waals surface area contributed by atoms with Crippen molar-refractivity contribution in [2.45, 2.75) is 32.7 Å². The summed E-state index contributed by atoms with van der Waals surface area (Å²) >= 11 is 0. The van der Waals surface area contributed by atoms with E-state index < -0.39 is 6.36 Å². The quantitative estimate of drug-likeness (QED) is 0.317. The van der Waals surface area contributed by atoms with Gasteiger partial charge < -0.3 is 19.3 Å². The van der Waals surface area contributed by atoms with Gasteiger partial charge in [-0.25, -0.2) is 4.98 Å². The average molecular weight is 502 g/mol. The van der Waals surface area contributed by atoms with Crippen LogP contribution in [0.25, 0.3) is 23.0 Å². The van der Waals surface area contributed by atoms with Crippen molar-refractivity contribution in [1.82, 2.24) is 24.9 Å². The number of aromatic nitrogens is 5. The lowest BCUT2D eigenvalue weighted by Gasteiger charge is -2.18. The smallest absolute Gasteiger partial charge is 0.406 e. The van der Waals surface area contributed by atoms with Gasteiger partial charge in [-0.05, 0) is 61.7 Å². The highest BCUT2D eigenvalue weighted by Crippen LogP contribution is 2.27. The Morgan fingerprint density at radius 3 is 2.56 bits per heavy atom. The number of benzene rings is 1. The Morgan fingerprint density at radius 1 is 1.11 bits per heavy atom. The summed E-state index contributed by atoms with van der Waals surface area (Å²) in [5.74, 6) is 0.935. The molecule has 1 aromatic carbocycles. The van der Waals surface area contributed by atoms with Gasteiger partial charge in [-0.15, -0.1) is 13.2 Å². The van der Waals surface area contributed by atoms with Gasteiger partial charge in [0.15, 0.2) is 5.69 Å². The molecule has 12 heteroatoms. The zero-order valence-electron chi connectivity index (χ0n) is 19.7. The Bertz CT molecular complexity index is 1270. The summed E-state index contributed by atoms with van der Waals surface area (Å²) in [5.41, 5.74) is 2.80. The first-order valence-corrected chi connectivity index (χ1v) is 11.2. The molecule has 0 saturated heterocycles. The van der Waals surface area contributed by atoms with Crippen LogP contribution >= 0.6 is 0 Å². The number of pyridine rings is 1. The van der Waals surface area contributed by atoms with Crippen molar-refractivity contribution < 1.29 is 27.5 Å². The lowest BCUT2D eigenvalue weighted by Crippen LogP contribution is -2.20. The molecule has 0 unspecified atom stereocenters. The first-order chi connectivity index (χ1) is 17.2. The van der Waals surface area contributed by atoms with Gasteiger partial charge in [0.2, 0.25) is 5.82 Å². The van der Waals surface area contributed by atoms with Crippen molar-refractivity contribution in [3.63, 3.8) is 0 Å². The van der Waals surface area contributed by atoms with Gasteiger partial charge in [0, 0.05) is 37.7 Å². The molecule has 0 aliphatic rings. The second-order valence-corrected chi connectivity index (χ2v) is 8.20. The summed E-state index contributed by atoms with van der Waals surface area (Å²) in [7, 11) is 1.96. The number of halogens is 3. The Balaban J connectivity index is 1.42. The lowest BCUT2D eigenvalue weighted by molar-refractivity contribution is -0.274. The van der Waals surface area contributed by atoms with E-state index in [4.69, 9.17) is 9.63 Å². The van der Waals surface area contributed by atoms with Gasteiger partial charge in [-0.3, -0.25) is 4.68 Å². The van der Waals surface area contributed by atoms with E-state index in [2.05, 4.69) is 25.0 Å². The molecule has 4 rings (SSSR count). The molecular formula is C24H25F3N6O3. The third kappa shape index (κ3) is 6.39. The van der Waals surface area contributed by atoms with Crippen molar-refractivity contribution in [2.75, 3.05) is 25.1 Å². The highest BCUT2D eigenvalue weighted by Gasteiger charge is 2.31. The van der Waals surface area contributed by atoms with E-state index in [0.717, 1.165) is 36.5 Å². The van der Waals surface area contributed by atoms with E-state index in [9.17, 15) is 13.2 Å². The van der Waals surface area contributed by atoms with E-state index in [1.165, 1.54) is 24.3 Å². The summed E-state index contributed by atoms with van der Waals surface area (Å²) in [5, 5.41) is 17.4. The SMILES string of the molecule is Cc1cc(-c2nc(-c3ccc(OC(F)(F)F)cc3)no2)nn1Cc1ccc(N(C)CCCCO)nc1. The maximum Gasteiger partial charge on any atom is 0.573 e. The summed E-state index contributed by atoms with van der Waals surface area (Å²) in [6.07, 6.45) is -1.31. The Morgan fingerprint density at radius 2 is 1.89 bits per heavy atom. The van der Waals surface area contributed by atoms with Crippen molar-refractivity contribution in [2.24, 2.45) is 0 Å². The minimum atomic E-state index is -4.76. The average Bonchev–Trinajstić information content (AvgIpc) is 3.46. The Kier molecular flexibility index (Phi) is 7.53. The molecule has 4 aromatic rings. The van der Waals surface area contributed by atoms with Crippen LogP contribution < -0.4 is 9.64 Å². The molecule has 0 saturated carbocycles. The van der Waals surface area contributed by atoms with Crippen LogP contribution in [0.3, 0.4) is 0 Å². The molecular weight excluding hydrogens is 477 g/mol. The summed E-state index contributed by atoms with van der Waals surface area (Å²) in [4.78, 5) is 10.9. The van der Waals surface area contributed by atoms with Crippen molar-refractivity contribution in [1.29, 1.82) is 0 Å². The minimum Gasteiger partial charge on any atom is -0.406 e. The summed E-state index contributed by atoms with van der Waals surface area (Å²) in [6, 6.07) is 11.0. The van der Waals surface area contributed by atoms with Crippen LogP contribution in [0.2, 0.25) is 0 Å². The first kappa shape index (κ1) is 25.2. The van der Waals surface area contributed by atoms with Crippen LogP contribution in [-0.2, 0) is 6.54 Å². The van der Waals surface area contributed by atoms with E-state index in [1.54, 1.807) is 10.9 Å². The predicted molar refractivity (Wildman–Crippen MR) is 125 cm³/mol. The molecule has 1 N–H and O–H groups in total. The van der Waals surface area contributed by atoms with Crippen LogP contribution in [0.15, 0.2) is 53.2 Å². The summed E-state index contributed by atoms with van der Waals surface area (Å²) < 4.78 is 48.0. The van der Waals surface area contributed by atoms with Gasteiger partial charge in [-0.2, -0.15) is 10.1 Å². The molecule has 9 nitrogen and oxygen atoms in total. The predicted octanol–water partition coefficient (Wildman–Crippen LogP) is 4.46. The molecule has 0 amide bonds. The van der Waals surface area contributed by atoms with Crippen LogP contribution in [0.4, 0.5) is 19.0 Å². The fourth-order valence-corrected chi connectivity index (χ4v) is 3.51. The Hall–Kier alpha value is -3.93. The molecule has 0 aliphatic carbocycles. The number of hydrogen-bond donors (Lipinski definition) is 1. The number of alkyl halides is 3. The fourth-order valence-electron chi connectivity index (χ4n) is 3.51. The lowest BCUT2D eigenvalue weighted by atomic mass is 10.2. The number of rotatable bonds is 10. The number of hydrogen-bond acceptors (Lipinski definition) is 8. The van der Waals surface area contributed by atoms with Crippen LogP contribution in [0.1, 0.15) is 24.1 Å². The molecule has 190 valence electrons. The van der Waals surface area contributed by atoms with Crippen molar-refractivity contribution in [3.05, 3.63) is 59.9 Å². The molecule has 36 heavy (non-hydrogen) atoms. The molecule has 3 aromatic heterocycles. The van der Waals surface area contributed by atoms with Gasteiger partial charge >= 0.3 is 6.36 Å². The van der Waals surface area contributed by atoms with E-state index in [1.807, 2.05) is 37.1 Å². The van der Waals surface area contributed by atoms with Gasteiger partial charge in [0.1, 0.15) is 11.6 Å². The highest BCUT2D eigenvalue weighted by atomic mass is 19.4. The topological polar surface area (TPSA) is 102 Å². The van der Waals surface area contributed by atoms with Crippen LogP contribution in [-0.4, -0.2) is 56.6 Å². The summed E-state index contributed by atoms with van der Waals surface area (Å²) in [6.45, 7) is 3.40. The number of aliphatic hydroxyl groups is 1. The normalized spacial score (nSPS) is 11.6. The number of aliphatic hydroxyl groups excluding tert-OH is 1. The molecule has 0 bridgehead atoms. The van der Waals surface area contributed by atoms with E-state index in [-0.39, 0.29) is 24.1 Å². The van der Waals surface area contributed by atoms with Gasteiger partial charge in [0.05, 0.1) is 6.54 Å². The maximum atomic E-state index is 12.3. The largest absolute Gasteiger partial charge is 0.573 e. The first-order valence-electron chi connectivity index (χ1n) is 11.2. The zero-order chi connectivity index (χ0) is 25.7. The Labute approximate surface area is 205 Å². The standard InChI is InChI=1S/C24H25F3N6O3/c1-16-13-20(23-29-22(31-36-23)18-6-8-19(9-7-18)35-24(25,26)27)30-33(16)15-17-5-10-21(28-14-17)32(2)11-3-4-12-34/h5-10,13-14,34H,3-4,11-12,15H2,1-2H3. The van der Waals surface area contributed by atoms with Crippen molar-refractivity contribution >= 4 is 5.82 Å². The third-order valence-electron chi connectivity index (χ3n) is 5.41. The number of ether oxygens (including phenoxy) is 1. The maximum absolute atomic E-state index is 12.3. The minimum absolute atomic E-state index is 0.185. The number of aryl methyl sites for hydroxylation is 1. The molecule has 0 aliphatic heterocycles. The zero-order valence-corrected chi connectivity index (χ0v) is 19.7. The van der Waals surface area contributed by atoms with E-state index in [0.29, 0.717) is 17.8 Å². The molecule has 0 fully saturated rings. The molecule has 3 heterocycles. The van der Waals surface area contributed by atoms with Crippen LogP contribution in [0.5, 0.6) is 5.75 Å². The third-order valence-corrected chi connectivity index (χ3v) is 5.41. The van der Waals surface area contributed by atoms with Gasteiger partial charge in [-0.1, -0.05) is 11.2 Å². The monoisotopic (exact) mass is 502 g/mol. The molecule has 0 spiro atoms. The van der Waals surface area contributed by atoms with Gasteiger partial charge in [0.25, 0.3) is 5.89 Å².